The van der Waals surface area contributed by atoms with Crippen molar-refractivity contribution in [2.75, 3.05) is 0 Å². The van der Waals surface area contributed by atoms with Crippen LogP contribution in [0.4, 0.5) is 0 Å². The predicted molar refractivity (Wildman–Crippen MR) is 53.1 cm³/mol. The Hall–Kier alpha value is 1.09. The van der Waals surface area contributed by atoms with Crippen LogP contribution in [0, 0.1) is 14.0 Å². The van der Waals surface area contributed by atoms with Crippen LogP contribution in [0.5, 0.6) is 0 Å². The second kappa shape index (κ2) is 7.51. The summed E-state index contributed by atoms with van der Waals surface area (Å²) in [5.41, 5.74) is 0. The molecule has 2 atom stereocenters. The van der Waals surface area contributed by atoms with Gasteiger partial charge in [0.15, 0.2) is 5.97 Å². The van der Waals surface area contributed by atoms with Gasteiger partial charge in [-0.05, 0) is 37.8 Å². The van der Waals surface area contributed by atoms with E-state index in [1.54, 1.807) is 0 Å². The second-order valence-corrected chi connectivity index (χ2v) is 4.34. The molecule has 0 N–H and O–H groups in total. The number of esters is 1. The monoisotopic (exact) mass is 468 g/mol. The van der Waals surface area contributed by atoms with Crippen molar-refractivity contribution in [2.45, 2.75) is 50.3 Å². The second-order valence-electron chi connectivity index (χ2n) is 4.34. The molecule has 2 unspecified atom stereocenters. The summed E-state index contributed by atoms with van der Waals surface area (Å²) >= 11 is 0. The molecule has 0 aromatic heterocycles. The van der Waals surface area contributed by atoms with E-state index in [0.29, 0.717) is 12.1 Å². The summed E-state index contributed by atoms with van der Waals surface area (Å²) in [6, 6.07) is 1.01. The number of hydrogen-bond acceptors (Lipinski definition) is 3. The van der Waals surface area contributed by atoms with Gasteiger partial charge < -0.3 is 9.64 Å². The average Bonchev–Trinajstić information content (AvgIpc) is 2.05. The van der Waals surface area contributed by atoms with Crippen LogP contribution in [0.15, 0.2) is 0 Å². The number of rotatable bonds is 1. The first-order valence-electron chi connectivity index (χ1n) is 5.28. The van der Waals surface area contributed by atoms with Crippen molar-refractivity contribution in [3.05, 3.63) is 14.0 Å². The summed E-state index contributed by atoms with van der Waals surface area (Å²) in [4.78, 5) is 13.0. The van der Waals surface area contributed by atoms with Crippen molar-refractivity contribution in [1.82, 2.24) is 4.90 Å². The standard InChI is InChI=1S/C11H17NO2.W.Y/c1-8(13)14-11-6-9-4-3-5-10(7-11)12(9)2;;/h9-11H,1-7H2;;/q-2;;. The molecule has 16 heavy (non-hydrogen) atoms. The van der Waals surface area contributed by atoms with Crippen molar-refractivity contribution < 1.29 is 63.3 Å². The SMILES string of the molecule is [CH2-]C(=O)OC1CC2CCCC(C1)N2[CH2-].[W].[Y]. The fraction of sp³-hybridized carbons (Fsp3) is 0.727. The van der Waals surface area contributed by atoms with E-state index >= 15 is 0 Å². The van der Waals surface area contributed by atoms with E-state index in [4.69, 9.17) is 4.74 Å². The molecule has 89 valence electrons. The molecule has 0 amide bonds. The Morgan fingerprint density at radius 2 is 1.75 bits per heavy atom. The van der Waals surface area contributed by atoms with Crippen LogP contribution in [0.25, 0.3) is 0 Å². The molecule has 2 fully saturated rings. The molecular formula is C11H17NO2WY-2. The van der Waals surface area contributed by atoms with Crippen molar-refractivity contribution in [1.29, 1.82) is 0 Å². The molecule has 2 aliphatic rings. The number of fused-ring (bicyclic) bond motifs is 2. The number of carbonyl (C=O) groups excluding carboxylic acids is 1. The average molecular weight is 468 g/mol. The Morgan fingerprint density at radius 3 is 2.19 bits per heavy atom. The van der Waals surface area contributed by atoms with Gasteiger partial charge in [0, 0.05) is 53.8 Å². The van der Waals surface area contributed by atoms with Crippen LogP contribution in [0.2, 0.25) is 0 Å². The van der Waals surface area contributed by atoms with Crippen LogP contribution in [0.3, 0.4) is 0 Å². The van der Waals surface area contributed by atoms with Gasteiger partial charge >= 0.3 is 0 Å². The molecule has 0 aliphatic carbocycles. The quantitative estimate of drug-likeness (QED) is 0.433. The summed E-state index contributed by atoms with van der Waals surface area (Å²) in [6.45, 7) is 3.26. The molecule has 2 heterocycles. The third-order valence-electron chi connectivity index (χ3n) is 3.38. The smallest absolute Gasteiger partial charge is 0.164 e. The van der Waals surface area contributed by atoms with Crippen molar-refractivity contribution >= 4 is 5.97 Å². The maximum absolute atomic E-state index is 10.8. The first-order chi connectivity index (χ1) is 6.66. The van der Waals surface area contributed by atoms with Gasteiger partial charge in [-0.2, -0.15) is 0 Å². The molecule has 2 bridgehead atoms. The summed E-state index contributed by atoms with van der Waals surface area (Å²) in [6.07, 6.45) is 5.60. The van der Waals surface area contributed by atoms with E-state index in [9.17, 15) is 4.79 Å². The van der Waals surface area contributed by atoms with Crippen LogP contribution < -0.4 is 0 Å². The van der Waals surface area contributed by atoms with Gasteiger partial charge in [-0.25, -0.2) is 0 Å². The van der Waals surface area contributed by atoms with E-state index < -0.39 is 5.97 Å². The Labute approximate surface area is 137 Å². The molecule has 2 saturated heterocycles. The molecule has 0 aromatic rings. The van der Waals surface area contributed by atoms with E-state index in [-0.39, 0.29) is 59.9 Å². The third-order valence-corrected chi connectivity index (χ3v) is 3.38. The molecule has 5 heteroatoms. The molecule has 0 saturated carbocycles. The maximum atomic E-state index is 10.8. The third kappa shape index (κ3) is 4.08. The van der Waals surface area contributed by atoms with E-state index in [1.165, 1.54) is 19.3 Å². The Balaban J connectivity index is 0.00000112. The van der Waals surface area contributed by atoms with Crippen molar-refractivity contribution in [3.63, 3.8) is 0 Å². The molecule has 3 nitrogen and oxygen atoms in total. The fourth-order valence-corrected chi connectivity index (χ4v) is 2.71. The first-order valence-corrected chi connectivity index (χ1v) is 5.28. The van der Waals surface area contributed by atoms with Crippen LogP contribution in [-0.4, -0.2) is 29.1 Å². The maximum Gasteiger partial charge on any atom is 0.164 e. The van der Waals surface area contributed by atoms with Gasteiger partial charge in [0.05, 0.1) is 0 Å². The van der Waals surface area contributed by atoms with Gasteiger partial charge in [-0.3, -0.25) is 18.8 Å². The van der Waals surface area contributed by atoms with Crippen LogP contribution in [0.1, 0.15) is 32.1 Å². The number of piperidine rings is 2. The Morgan fingerprint density at radius 1 is 1.25 bits per heavy atom. The summed E-state index contributed by atoms with van der Waals surface area (Å²) in [5.74, 6) is -0.398. The van der Waals surface area contributed by atoms with E-state index in [2.05, 4.69) is 18.9 Å². The number of nitrogens with zero attached hydrogens (tertiary/aromatic N) is 1. The van der Waals surface area contributed by atoms with Gasteiger partial charge in [-0.15, -0.1) is 0 Å². The Kier molecular flexibility index (Phi) is 8.02. The van der Waals surface area contributed by atoms with Crippen LogP contribution in [-0.2, 0) is 63.3 Å². The van der Waals surface area contributed by atoms with Gasteiger partial charge in [0.25, 0.3) is 0 Å². The van der Waals surface area contributed by atoms with Gasteiger partial charge in [0.1, 0.15) is 6.10 Å². The van der Waals surface area contributed by atoms with Gasteiger partial charge in [-0.1, -0.05) is 6.42 Å². The summed E-state index contributed by atoms with van der Waals surface area (Å²) < 4.78 is 5.17. The summed E-state index contributed by atoms with van der Waals surface area (Å²) in [5, 5.41) is 0. The van der Waals surface area contributed by atoms with Gasteiger partial charge in [0.2, 0.25) is 0 Å². The molecule has 0 spiro atoms. The van der Waals surface area contributed by atoms with Crippen LogP contribution >= 0.6 is 0 Å². The minimum Gasteiger partial charge on any atom is -0.485 e. The zero-order valence-corrected chi connectivity index (χ0v) is 15.2. The van der Waals surface area contributed by atoms with Crippen molar-refractivity contribution in [3.8, 4) is 0 Å². The number of ether oxygens (including phenoxy) is 1. The van der Waals surface area contributed by atoms with E-state index in [1.807, 2.05) is 0 Å². The normalized spacial score (nSPS) is 33.2. The largest absolute Gasteiger partial charge is 0.485 e. The predicted octanol–water partition coefficient (Wildman–Crippen LogP) is 1.54. The molecule has 2 aliphatic heterocycles. The fourth-order valence-electron chi connectivity index (χ4n) is 2.71. The zero-order valence-electron chi connectivity index (χ0n) is 9.43. The number of carbonyl (C=O) groups is 1. The molecular weight excluding hydrogens is 451 g/mol. The van der Waals surface area contributed by atoms with E-state index in [0.717, 1.165) is 12.8 Å². The topological polar surface area (TPSA) is 29.5 Å². The first kappa shape index (κ1) is 17.1. The molecule has 0 aromatic carbocycles. The zero-order chi connectivity index (χ0) is 10.1. The number of hydrogen-bond donors (Lipinski definition) is 0. The summed E-state index contributed by atoms with van der Waals surface area (Å²) in [7, 11) is 4.07. The minimum absolute atomic E-state index is 0. The molecule has 1 radical (unpaired) electrons. The molecule has 2 rings (SSSR count). The minimum atomic E-state index is -0.398. The Bertz CT molecular complexity index is 226. The van der Waals surface area contributed by atoms with Crippen molar-refractivity contribution in [2.24, 2.45) is 0 Å².